The van der Waals surface area contributed by atoms with Gasteiger partial charge in [0.05, 0.1) is 11.4 Å². The van der Waals surface area contributed by atoms with Crippen LogP contribution in [0.3, 0.4) is 0 Å². The molecule has 2 aliphatic heterocycles. The Morgan fingerprint density at radius 1 is 0.398 bits per heavy atom. The van der Waals surface area contributed by atoms with Gasteiger partial charge in [-0.15, -0.1) is 11.3 Å². The van der Waals surface area contributed by atoms with Crippen LogP contribution >= 0.6 is 11.3 Å². The number of thiophene rings is 1. The van der Waals surface area contributed by atoms with Crippen molar-refractivity contribution in [3.05, 3.63) is 202 Å². The Morgan fingerprint density at radius 2 is 0.928 bits per heavy atom. The van der Waals surface area contributed by atoms with Gasteiger partial charge in [-0.2, -0.15) is 0 Å². The molecule has 3 nitrogen and oxygen atoms in total. The fraction of sp³-hybridized carbons (Fsp3) is 0.359. The van der Waals surface area contributed by atoms with E-state index >= 15 is 0 Å². The van der Waals surface area contributed by atoms with Crippen LogP contribution in [0.5, 0.6) is 0 Å². The molecule has 15 rings (SSSR count). The molecule has 0 amide bonds. The summed E-state index contributed by atoms with van der Waals surface area (Å²) in [4.78, 5) is 8.05. The highest BCUT2D eigenvalue weighted by Gasteiger charge is 2.50. The highest BCUT2D eigenvalue weighted by Crippen LogP contribution is 2.58. The Labute approximate surface area is 499 Å². The first-order valence-electron chi connectivity index (χ1n) is 31.2. The number of fused-ring (bicyclic) bond motifs is 12. The highest BCUT2D eigenvalue weighted by molar-refractivity contribution is 7.33. The second-order valence-electron chi connectivity index (χ2n) is 30.6. The highest BCUT2D eigenvalue weighted by atomic mass is 32.1. The fourth-order valence-corrected chi connectivity index (χ4v) is 17.9. The molecule has 0 fully saturated rings. The summed E-state index contributed by atoms with van der Waals surface area (Å²) in [6, 6.07) is 60.6. The number of anilines is 9. The molecule has 0 unspecified atom stereocenters. The zero-order valence-electron chi connectivity index (χ0n) is 52.0. The van der Waals surface area contributed by atoms with E-state index < -0.39 is 0 Å². The van der Waals surface area contributed by atoms with Gasteiger partial charge in [0.2, 0.25) is 0 Å². The van der Waals surface area contributed by atoms with E-state index in [4.69, 9.17) is 0 Å². The van der Waals surface area contributed by atoms with Crippen LogP contribution in [0.15, 0.2) is 152 Å². The minimum atomic E-state index is -0.169. The molecule has 0 radical (unpaired) electrons. The van der Waals surface area contributed by atoms with E-state index in [0.29, 0.717) is 0 Å². The summed E-state index contributed by atoms with van der Waals surface area (Å²) in [5.74, 6) is 0. The molecule has 1 aromatic heterocycles. The first kappa shape index (κ1) is 52.9. The number of rotatable bonds is 5. The van der Waals surface area contributed by atoms with E-state index in [-0.39, 0.29) is 44.6 Å². The Balaban J connectivity index is 1.10. The van der Waals surface area contributed by atoms with Crippen molar-refractivity contribution in [2.45, 2.75) is 180 Å². The predicted octanol–water partition coefficient (Wildman–Crippen LogP) is 20.1. The van der Waals surface area contributed by atoms with Gasteiger partial charge >= 0.3 is 0 Å². The van der Waals surface area contributed by atoms with Crippen molar-refractivity contribution in [3.8, 4) is 11.1 Å². The van der Waals surface area contributed by atoms with E-state index in [9.17, 15) is 0 Å². The number of aryl methyl sites for hydroxylation is 1. The maximum absolute atomic E-state index is 2.76. The minimum Gasteiger partial charge on any atom is -0.311 e. The number of para-hydroxylation sites is 1. The van der Waals surface area contributed by atoms with Crippen molar-refractivity contribution in [2.75, 3.05) is 14.7 Å². The molecule has 0 bridgehead atoms. The van der Waals surface area contributed by atoms with Crippen LogP contribution < -0.4 is 30.4 Å². The second-order valence-corrected chi connectivity index (χ2v) is 31.7. The molecule has 83 heavy (non-hydrogen) atoms. The van der Waals surface area contributed by atoms with Crippen LogP contribution in [0.1, 0.15) is 186 Å². The number of benzene rings is 8. The van der Waals surface area contributed by atoms with Crippen molar-refractivity contribution in [1.82, 2.24) is 0 Å². The first-order chi connectivity index (χ1) is 39.3. The number of hydrogen-bond acceptors (Lipinski definition) is 4. The smallest absolute Gasteiger partial charge is 0.264 e. The molecular weight excluding hydrogens is 1020 g/mol. The van der Waals surface area contributed by atoms with Crippen LogP contribution in [0.25, 0.3) is 21.2 Å². The standard InChI is InChI=1S/C78H82BN3S/c1-47-25-27-49(28-26-47)82-67-42-52(80(48-21-17-16-18-22-48)50-29-31-54-53-23-19-20-24-56(53)78(14,15)58(54)39-50)41-66-69(67)79(71-70(82)55-43-60-63(46-68(55)83-71)77(12,13)38-35-74(60,6)7)64-44-61-62(76(10,11)37-36-75(61,8)9)45-65(64)81(66)51-30-32-57-59(40-51)73(4,5)34-33-72(57,2)3/h16-32,39-46H,33-38H2,1-15H3. The van der Waals surface area contributed by atoms with Crippen LogP contribution in [-0.4, -0.2) is 6.71 Å². The van der Waals surface area contributed by atoms with E-state index in [1.165, 1.54) is 140 Å². The zero-order valence-corrected chi connectivity index (χ0v) is 52.8. The molecule has 0 atom stereocenters. The van der Waals surface area contributed by atoms with Gasteiger partial charge in [-0.05, 0) is 223 Å². The Hall–Kier alpha value is -6.82. The normalized spacial score (nSPS) is 19.8. The summed E-state index contributed by atoms with van der Waals surface area (Å²) in [7, 11) is 0. The molecule has 0 saturated heterocycles. The van der Waals surface area contributed by atoms with Gasteiger partial charge in [-0.1, -0.05) is 175 Å². The summed E-state index contributed by atoms with van der Waals surface area (Å²) < 4.78 is 2.84. The van der Waals surface area contributed by atoms with Gasteiger partial charge < -0.3 is 14.7 Å². The van der Waals surface area contributed by atoms with E-state index in [2.05, 4.69) is 282 Å². The van der Waals surface area contributed by atoms with Gasteiger partial charge in [0.1, 0.15) is 0 Å². The molecule has 0 N–H and O–H groups in total. The number of nitrogens with zero attached hydrogens (tertiary/aromatic N) is 3. The minimum absolute atomic E-state index is 0.00206. The molecule has 0 saturated carbocycles. The largest absolute Gasteiger partial charge is 0.311 e. The van der Waals surface area contributed by atoms with E-state index in [0.717, 1.165) is 36.3 Å². The average molecular weight is 1100 g/mol. The molecule has 9 aromatic rings. The maximum Gasteiger partial charge on any atom is 0.264 e. The van der Waals surface area contributed by atoms with Crippen LogP contribution in [0, 0.1) is 6.92 Å². The van der Waals surface area contributed by atoms with Crippen molar-refractivity contribution < 1.29 is 0 Å². The monoisotopic (exact) mass is 1100 g/mol. The van der Waals surface area contributed by atoms with Gasteiger partial charge in [0.25, 0.3) is 6.71 Å². The van der Waals surface area contributed by atoms with Crippen molar-refractivity contribution >= 4 is 95.0 Å². The third-order valence-corrected chi connectivity index (χ3v) is 23.3. The lowest BCUT2D eigenvalue weighted by Gasteiger charge is -2.48. The lowest BCUT2D eigenvalue weighted by Crippen LogP contribution is -2.61. The van der Waals surface area contributed by atoms with Crippen molar-refractivity contribution in [2.24, 2.45) is 0 Å². The van der Waals surface area contributed by atoms with Crippen molar-refractivity contribution in [1.29, 1.82) is 0 Å². The molecule has 5 heteroatoms. The predicted molar refractivity (Wildman–Crippen MR) is 359 cm³/mol. The Kier molecular flexibility index (Phi) is 11.1. The average Bonchev–Trinajstić information content (AvgIpc) is 1.97. The molecule has 6 aliphatic rings. The topological polar surface area (TPSA) is 9.72 Å². The van der Waals surface area contributed by atoms with Crippen LogP contribution in [0.4, 0.5) is 51.2 Å². The fourth-order valence-electron chi connectivity index (χ4n) is 16.5. The lowest BCUT2D eigenvalue weighted by molar-refractivity contribution is 0.332. The SMILES string of the molecule is Cc1ccc(N2c3cc(N(c4ccccc4)c4ccc5c(c4)C(C)(C)c4ccccc4-5)cc4c3B(c3cc5c(cc3N4c3ccc4c(c3)C(C)(C)CCC4(C)C)C(C)(C)CCC5(C)C)c3sc4cc5c(cc4c32)C(C)(C)CCC5(C)C)cc1. The van der Waals surface area contributed by atoms with Gasteiger partial charge in [0.15, 0.2) is 0 Å². The summed E-state index contributed by atoms with van der Waals surface area (Å²) in [5, 5.41) is 1.37. The second kappa shape index (κ2) is 17.4. The van der Waals surface area contributed by atoms with Crippen LogP contribution in [0.2, 0.25) is 0 Å². The first-order valence-corrected chi connectivity index (χ1v) is 32.0. The van der Waals surface area contributed by atoms with Gasteiger partial charge in [-0.25, -0.2) is 0 Å². The molecule has 418 valence electrons. The third kappa shape index (κ3) is 7.67. The third-order valence-electron chi connectivity index (χ3n) is 22.1. The summed E-state index contributed by atoms with van der Waals surface area (Å²) in [6.45, 7) is 37.0. The number of hydrogen-bond donors (Lipinski definition) is 0. The summed E-state index contributed by atoms with van der Waals surface area (Å²) in [6.07, 6.45) is 7.00. The summed E-state index contributed by atoms with van der Waals surface area (Å²) in [5.41, 5.74) is 29.6. The molecule has 3 heterocycles. The Morgan fingerprint density at radius 3 is 1.58 bits per heavy atom. The summed E-state index contributed by atoms with van der Waals surface area (Å²) >= 11 is 2.07. The quantitative estimate of drug-likeness (QED) is 0.159. The molecule has 0 spiro atoms. The van der Waals surface area contributed by atoms with Crippen molar-refractivity contribution in [3.63, 3.8) is 0 Å². The van der Waals surface area contributed by atoms with Crippen LogP contribution in [-0.2, 0) is 37.9 Å². The molecular formula is C78H82BN3S. The van der Waals surface area contributed by atoms with Gasteiger partial charge in [-0.3, -0.25) is 0 Å². The molecule has 8 aromatic carbocycles. The Bertz CT molecular complexity index is 4220. The zero-order chi connectivity index (χ0) is 57.9. The van der Waals surface area contributed by atoms with E-state index in [1.807, 2.05) is 0 Å². The lowest BCUT2D eigenvalue weighted by atomic mass is 9.35. The molecule has 4 aliphatic carbocycles. The van der Waals surface area contributed by atoms with Gasteiger partial charge in [0, 0.05) is 60.1 Å². The van der Waals surface area contributed by atoms with E-state index in [1.54, 1.807) is 0 Å². The maximum atomic E-state index is 2.76.